The Balaban J connectivity index is 2.45. The predicted molar refractivity (Wildman–Crippen MR) is 83.0 cm³/mol. The fraction of sp³-hybridized carbons (Fsp3) is 0.125. The van der Waals surface area contributed by atoms with Crippen molar-refractivity contribution >= 4 is 33.3 Å². The predicted octanol–water partition coefficient (Wildman–Crippen LogP) is 4.90. The van der Waals surface area contributed by atoms with Crippen LogP contribution in [0.5, 0.6) is 0 Å². The van der Waals surface area contributed by atoms with Gasteiger partial charge in [0.15, 0.2) is 5.78 Å². The molecule has 2 aromatic carbocycles. The average molecular weight is 349 g/mol. The standard InChI is InChI=1S/C16H11BrClNO/c1-10-8-11(17)6-7-12(10)16(20)14(9-19)13-4-2-3-5-15(13)18/h2-8,14H,1H3. The van der Waals surface area contributed by atoms with Gasteiger partial charge in [-0.05, 0) is 42.3 Å². The van der Waals surface area contributed by atoms with Crippen LogP contribution in [-0.4, -0.2) is 5.78 Å². The topological polar surface area (TPSA) is 40.9 Å². The normalized spacial score (nSPS) is 11.7. The van der Waals surface area contributed by atoms with Crippen molar-refractivity contribution in [2.45, 2.75) is 12.8 Å². The molecule has 4 heteroatoms. The summed E-state index contributed by atoms with van der Waals surface area (Å²) in [6.45, 7) is 1.85. The van der Waals surface area contributed by atoms with Gasteiger partial charge in [-0.2, -0.15) is 5.26 Å². The molecule has 0 amide bonds. The van der Waals surface area contributed by atoms with Crippen LogP contribution in [0.4, 0.5) is 0 Å². The maximum atomic E-state index is 12.6. The Bertz CT molecular complexity index is 706. The van der Waals surface area contributed by atoms with Gasteiger partial charge in [0.2, 0.25) is 0 Å². The Kier molecular flexibility index (Phi) is 4.59. The first kappa shape index (κ1) is 14.8. The minimum Gasteiger partial charge on any atom is -0.292 e. The summed E-state index contributed by atoms with van der Waals surface area (Å²) in [4.78, 5) is 12.6. The van der Waals surface area contributed by atoms with Crippen LogP contribution in [0.2, 0.25) is 5.02 Å². The first-order chi connectivity index (χ1) is 9.54. The van der Waals surface area contributed by atoms with E-state index in [1.165, 1.54) is 0 Å². The molecule has 1 atom stereocenters. The first-order valence-corrected chi connectivity index (χ1v) is 7.16. The second-order valence-electron chi connectivity index (χ2n) is 4.41. The Labute approximate surface area is 131 Å². The summed E-state index contributed by atoms with van der Waals surface area (Å²) in [5.41, 5.74) is 1.92. The van der Waals surface area contributed by atoms with Crippen LogP contribution in [0, 0.1) is 18.3 Å². The van der Waals surface area contributed by atoms with Gasteiger partial charge >= 0.3 is 0 Å². The van der Waals surface area contributed by atoms with Crippen LogP contribution >= 0.6 is 27.5 Å². The van der Waals surface area contributed by atoms with Crippen LogP contribution in [0.25, 0.3) is 0 Å². The lowest BCUT2D eigenvalue weighted by atomic mass is 9.90. The summed E-state index contributed by atoms with van der Waals surface area (Å²) < 4.78 is 0.901. The zero-order valence-electron chi connectivity index (χ0n) is 10.7. The molecule has 1 unspecified atom stereocenters. The van der Waals surface area contributed by atoms with Crippen LogP contribution < -0.4 is 0 Å². The van der Waals surface area contributed by atoms with Gasteiger partial charge in [-0.25, -0.2) is 0 Å². The van der Waals surface area contributed by atoms with Gasteiger partial charge in [0.25, 0.3) is 0 Å². The van der Waals surface area contributed by atoms with Crippen molar-refractivity contribution in [3.8, 4) is 6.07 Å². The molecule has 0 saturated carbocycles. The molecule has 0 saturated heterocycles. The van der Waals surface area contributed by atoms with E-state index in [9.17, 15) is 10.1 Å². The molecule has 0 heterocycles. The summed E-state index contributed by atoms with van der Waals surface area (Å²) >= 11 is 9.44. The average Bonchev–Trinajstić information content (AvgIpc) is 2.41. The molecule has 0 aliphatic rings. The summed E-state index contributed by atoms with van der Waals surface area (Å²) in [5.74, 6) is -1.12. The van der Waals surface area contributed by atoms with Gasteiger partial charge in [0.1, 0.15) is 5.92 Å². The quantitative estimate of drug-likeness (QED) is 0.740. The zero-order valence-corrected chi connectivity index (χ0v) is 13.1. The number of benzene rings is 2. The lowest BCUT2D eigenvalue weighted by Crippen LogP contribution is -2.13. The minimum absolute atomic E-state index is 0.231. The van der Waals surface area contributed by atoms with E-state index in [1.54, 1.807) is 36.4 Å². The second kappa shape index (κ2) is 6.21. The molecule has 2 rings (SSSR count). The van der Waals surface area contributed by atoms with Gasteiger partial charge < -0.3 is 0 Å². The van der Waals surface area contributed by atoms with Gasteiger partial charge in [0.05, 0.1) is 6.07 Å². The Morgan fingerprint density at radius 2 is 2.00 bits per heavy atom. The molecule has 0 N–H and O–H groups in total. The van der Waals surface area contributed by atoms with Crippen molar-refractivity contribution in [2.24, 2.45) is 0 Å². The summed E-state index contributed by atoms with van der Waals surface area (Å²) in [5, 5.41) is 9.77. The second-order valence-corrected chi connectivity index (χ2v) is 5.73. The third-order valence-electron chi connectivity index (χ3n) is 3.06. The van der Waals surface area contributed by atoms with Gasteiger partial charge in [-0.15, -0.1) is 0 Å². The zero-order chi connectivity index (χ0) is 14.7. The van der Waals surface area contributed by atoms with Crippen molar-refractivity contribution in [2.75, 3.05) is 0 Å². The van der Waals surface area contributed by atoms with Gasteiger partial charge in [-0.3, -0.25) is 4.79 Å². The maximum absolute atomic E-state index is 12.6. The van der Waals surface area contributed by atoms with Crippen molar-refractivity contribution in [1.82, 2.24) is 0 Å². The number of rotatable bonds is 3. The number of hydrogen-bond acceptors (Lipinski definition) is 2. The largest absolute Gasteiger partial charge is 0.292 e. The molecule has 0 fully saturated rings. The lowest BCUT2D eigenvalue weighted by molar-refractivity contribution is 0.0978. The molecule has 0 spiro atoms. The van der Waals surface area contributed by atoms with E-state index in [4.69, 9.17) is 11.6 Å². The van der Waals surface area contributed by atoms with E-state index < -0.39 is 5.92 Å². The van der Waals surface area contributed by atoms with E-state index in [2.05, 4.69) is 22.0 Å². The van der Waals surface area contributed by atoms with E-state index in [1.807, 2.05) is 13.0 Å². The number of nitrogens with zero attached hydrogens (tertiary/aromatic N) is 1. The van der Waals surface area contributed by atoms with Crippen LogP contribution in [0.3, 0.4) is 0 Å². The number of carbonyl (C=O) groups is 1. The molecule has 0 aromatic heterocycles. The SMILES string of the molecule is Cc1cc(Br)ccc1C(=O)C(C#N)c1ccccc1Cl. The Morgan fingerprint density at radius 3 is 2.60 bits per heavy atom. The Hall–Kier alpha value is -1.63. The summed E-state index contributed by atoms with van der Waals surface area (Å²) in [6, 6.07) is 14.4. The highest BCUT2D eigenvalue weighted by Crippen LogP contribution is 2.28. The number of halogens is 2. The molecule has 0 bridgehead atoms. The molecule has 2 aromatic rings. The number of nitriles is 1. The fourth-order valence-electron chi connectivity index (χ4n) is 2.04. The Morgan fingerprint density at radius 1 is 1.30 bits per heavy atom. The maximum Gasteiger partial charge on any atom is 0.184 e. The molecule has 0 radical (unpaired) electrons. The fourth-order valence-corrected chi connectivity index (χ4v) is 2.76. The van der Waals surface area contributed by atoms with Gasteiger partial charge in [-0.1, -0.05) is 45.7 Å². The van der Waals surface area contributed by atoms with Crippen molar-refractivity contribution in [1.29, 1.82) is 5.26 Å². The van der Waals surface area contributed by atoms with Gasteiger partial charge in [0, 0.05) is 15.1 Å². The molecular formula is C16H11BrClNO. The smallest absolute Gasteiger partial charge is 0.184 e. The van der Waals surface area contributed by atoms with Crippen LogP contribution in [0.1, 0.15) is 27.4 Å². The monoisotopic (exact) mass is 347 g/mol. The first-order valence-electron chi connectivity index (χ1n) is 5.99. The molecule has 100 valence electrons. The number of Topliss-reactive ketones (excluding diaryl/α,β-unsaturated/α-hetero) is 1. The number of hydrogen-bond donors (Lipinski definition) is 0. The molecule has 0 aliphatic heterocycles. The van der Waals surface area contributed by atoms with Crippen molar-refractivity contribution in [3.63, 3.8) is 0 Å². The highest BCUT2D eigenvalue weighted by Gasteiger charge is 2.24. The molecular weight excluding hydrogens is 338 g/mol. The van der Waals surface area contributed by atoms with E-state index >= 15 is 0 Å². The number of ketones is 1. The van der Waals surface area contributed by atoms with Crippen molar-refractivity contribution in [3.05, 3.63) is 68.7 Å². The summed E-state index contributed by atoms with van der Waals surface area (Å²) in [7, 11) is 0. The highest BCUT2D eigenvalue weighted by molar-refractivity contribution is 9.10. The number of carbonyl (C=O) groups excluding carboxylic acids is 1. The molecule has 2 nitrogen and oxygen atoms in total. The molecule has 20 heavy (non-hydrogen) atoms. The van der Waals surface area contributed by atoms with Crippen molar-refractivity contribution < 1.29 is 4.79 Å². The van der Waals surface area contributed by atoms with E-state index in [0.29, 0.717) is 16.1 Å². The van der Waals surface area contributed by atoms with Crippen LogP contribution in [-0.2, 0) is 0 Å². The van der Waals surface area contributed by atoms with Crippen LogP contribution in [0.15, 0.2) is 46.9 Å². The molecule has 0 aliphatic carbocycles. The number of aryl methyl sites for hydroxylation is 1. The summed E-state index contributed by atoms with van der Waals surface area (Å²) in [6.07, 6.45) is 0. The highest BCUT2D eigenvalue weighted by atomic mass is 79.9. The minimum atomic E-state index is -0.886. The lowest BCUT2D eigenvalue weighted by Gasteiger charge is -2.12. The third-order valence-corrected chi connectivity index (χ3v) is 3.90. The third kappa shape index (κ3) is 2.92. The van der Waals surface area contributed by atoms with E-state index in [0.717, 1.165) is 10.0 Å². The van der Waals surface area contributed by atoms with E-state index in [-0.39, 0.29) is 5.78 Å².